The first-order valence-corrected chi connectivity index (χ1v) is 10.5. The van der Waals surface area contributed by atoms with E-state index in [1.165, 1.54) is 6.92 Å². The van der Waals surface area contributed by atoms with Gasteiger partial charge in [0.15, 0.2) is 0 Å². The van der Waals surface area contributed by atoms with Crippen LogP contribution >= 0.6 is 11.6 Å². The van der Waals surface area contributed by atoms with Crippen molar-refractivity contribution in [2.45, 2.75) is 38.9 Å². The minimum Gasteiger partial charge on any atom is -0.461 e. The predicted octanol–water partition coefficient (Wildman–Crippen LogP) is 4.37. The zero-order valence-corrected chi connectivity index (χ0v) is 17.8. The molecule has 1 aromatic rings. The van der Waals surface area contributed by atoms with Gasteiger partial charge in [0.25, 0.3) is 0 Å². The van der Waals surface area contributed by atoms with Crippen molar-refractivity contribution in [1.82, 2.24) is 0 Å². The number of hydrogen-bond donors (Lipinski definition) is 1. The Balaban J connectivity index is 1.63. The predicted molar refractivity (Wildman–Crippen MR) is 115 cm³/mol. The maximum atomic E-state index is 12.3. The van der Waals surface area contributed by atoms with Crippen LogP contribution in [0.3, 0.4) is 0 Å². The molecule has 1 saturated heterocycles. The Bertz CT molecular complexity index is 956. The Labute approximate surface area is 181 Å². The maximum Gasteiger partial charge on any atom is 0.334 e. The van der Waals surface area contributed by atoms with E-state index in [4.69, 9.17) is 21.1 Å². The van der Waals surface area contributed by atoms with Crippen molar-refractivity contribution in [3.05, 3.63) is 53.6 Å². The first-order chi connectivity index (χ1) is 14.3. The Hall–Kier alpha value is -2.60. The molecule has 1 aromatic carbocycles. The van der Waals surface area contributed by atoms with E-state index in [9.17, 15) is 9.59 Å². The number of carbonyl (C=O) groups is 2. The molecule has 0 aromatic heterocycles. The minimum absolute atomic E-state index is 0.00571. The molecule has 2 saturated carbocycles. The standard InChI is InChI=1S/C23H25ClN2O4/c1-11-8-19(29-14(4)27)21-13(3)23(28)30-22(21)20-12(2)18(10-17(11)20)26-25-16-7-5-6-15(24)9-16/h5-7,9,12,17,19-22,25H,1,3,8,10H2,2,4H3. The molecule has 2 aliphatic carbocycles. The van der Waals surface area contributed by atoms with E-state index in [1.807, 2.05) is 18.2 Å². The zero-order valence-electron chi connectivity index (χ0n) is 17.1. The summed E-state index contributed by atoms with van der Waals surface area (Å²) in [5, 5.41) is 5.28. The van der Waals surface area contributed by atoms with E-state index in [0.29, 0.717) is 23.4 Å². The molecule has 6 atom stereocenters. The summed E-state index contributed by atoms with van der Waals surface area (Å²) < 4.78 is 11.3. The molecule has 158 valence electrons. The van der Waals surface area contributed by atoms with Gasteiger partial charge in [-0.25, -0.2) is 4.79 Å². The van der Waals surface area contributed by atoms with Crippen LogP contribution in [0.1, 0.15) is 26.7 Å². The molecule has 4 rings (SSSR count). The van der Waals surface area contributed by atoms with Crippen LogP contribution in [0, 0.1) is 23.7 Å². The van der Waals surface area contributed by atoms with Crippen LogP contribution in [0.4, 0.5) is 5.69 Å². The molecule has 0 amide bonds. The van der Waals surface area contributed by atoms with Crippen LogP contribution in [-0.4, -0.2) is 29.9 Å². The number of hydrazone groups is 1. The van der Waals surface area contributed by atoms with E-state index in [0.717, 1.165) is 17.0 Å². The van der Waals surface area contributed by atoms with Gasteiger partial charge >= 0.3 is 11.9 Å². The van der Waals surface area contributed by atoms with Crippen molar-refractivity contribution < 1.29 is 19.1 Å². The maximum absolute atomic E-state index is 12.3. The fraction of sp³-hybridized carbons (Fsp3) is 0.435. The van der Waals surface area contributed by atoms with Gasteiger partial charge < -0.3 is 9.47 Å². The summed E-state index contributed by atoms with van der Waals surface area (Å²) in [6.45, 7) is 11.7. The number of carbonyl (C=O) groups excluding carboxylic acids is 2. The highest BCUT2D eigenvalue weighted by Gasteiger charge is 2.57. The van der Waals surface area contributed by atoms with Crippen molar-refractivity contribution in [3.63, 3.8) is 0 Å². The van der Waals surface area contributed by atoms with Gasteiger partial charge in [-0.3, -0.25) is 10.2 Å². The summed E-state index contributed by atoms with van der Waals surface area (Å²) in [5.74, 6) is -1.01. The number of esters is 2. The quantitative estimate of drug-likeness (QED) is 0.335. The second-order valence-electron chi connectivity index (χ2n) is 8.33. The van der Waals surface area contributed by atoms with Gasteiger partial charge in [-0.15, -0.1) is 0 Å². The zero-order chi connectivity index (χ0) is 21.6. The third-order valence-electron chi connectivity index (χ3n) is 6.50. The third-order valence-corrected chi connectivity index (χ3v) is 6.73. The SMILES string of the molecule is C=C1CC(OC(C)=O)C2C(=C)C(=O)OC2C2C(C)C(=NNc3cccc(Cl)c3)CC12. The topological polar surface area (TPSA) is 77.0 Å². The van der Waals surface area contributed by atoms with E-state index < -0.39 is 18.2 Å². The summed E-state index contributed by atoms with van der Waals surface area (Å²) in [5.41, 5.74) is 6.25. The number of halogens is 1. The largest absolute Gasteiger partial charge is 0.461 e. The number of anilines is 1. The second kappa shape index (κ2) is 7.91. The van der Waals surface area contributed by atoms with Crippen molar-refractivity contribution in [1.29, 1.82) is 0 Å². The molecule has 0 spiro atoms. The fourth-order valence-electron chi connectivity index (χ4n) is 5.12. The van der Waals surface area contributed by atoms with Crippen LogP contribution in [0.2, 0.25) is 5.02 Å². The molecule has 0 bridgehead atoms. The van der Waals surface area contributed by atoms with Crippen molar-refractivity contribution >= 4 is 34.9 Å². The molecule has 6 nitrogen and oxygen atoms in total. The van der Waals surface area contributed by atoms with Gasteiger partial charge in [0.05, 0.1) is 11.6 Å². The molecule has 0 radical (unpaired) electrons. The smallest absolute Gasteiger partial charge is 0.334 e. The van der Waals surface area contributed by atoms with Gasteiger partial charge in [0, 0.05) is 41.5 Å². The summed E-state index contributed by atoms with van der Waals surface area (Å²) in [4.78, 5) is 24.0. The molecule has 7 heteroatoms. The summed E-state index contributed by atoms with van der Waals surface area (Å²) in [7, 11) is 0. The highest BCUT2D eigenvalue weighted by molar-refractivity contribution is 6.30. The molecular formula is C23H25ClN2O4. The normalized spacial score (nSPS) is 34.2. The third kappa shape index (κ3) is 3.65. The van der Waals surface area contributed by atoms with Gasteiger partial charge in [-0.05, 0) is 30.5 Å². The van der Waals surface area contributed by atoms with Gasteiger partial charge in [-0.2, -0.15) is 5.10 Å². The highest BCUT2D eigenvalue weighted by atomic mass is 35.5. The van der Waals surface area contributed by atoms with Crippen molar-refractivity contribution in [2.24, 2.45) is 28.8 Å². The van der Waals surface area contributed by atoms with E-state index >= 15 is 0 Å². The Morgan fingerprint density at radius 2 is 2.10 bits per heavy atom. The van der Waals surface area contributed by atoms with Gasteiger partial charge in [-0.1, -0.05) is 43.3 Å². The minimum atomic E-state index is -0.485. The lowest BCUT2D eigenvalue weighted by atomic mass is 9.79. The first kappa shape index (κ1) is 20.7. The van der Waals surface area contributed by atoms with Crippen LogP contribution in [0.15, 0.2) is 53.7 Å². The molecular weight excluding hydrogens is 404 g/mol. The molecule has 1 aliphatic heterocycles. The molecule has 30 heavy (non-hydrogen) atoms. The number of nitrogens with one attached hydrogen (secondary N) is 1. The monoisotopic (exact) mass is 428 g/mol. The van der Waals surface area contributed by atoms with E-state index in [1.54, 1.807) is 6.07 Å². The van der Waals surface area contributed by atoms with Gasteiger partial charge in [0.1, 0.15) is 12.2 Å². The molecule has 6 unspecified atom stereocenters. The molecule has 3 fully saturated rings. The number of hydrogen-bond acceptors (Lipinski definition) is 6. The lowest BCUT2D eigenvalue weighted by Gasteiger charge is -2.29. The summed E-state index contributed by atoms with van der Waals surface area (Å²) >= 11 is 6.05. The van der Waals surface area contributed by atoms with Crippen LogP contribution in [0.5, 0.6) is 0 Å². The van der Waals surface area contributed by atoms with Crippen molar-refractivity contribution in [3.8, 4) is 0 Å². The van der Waals surface area contributed by atoms with E-state index in [2.05, 4.69) is 30.6 Å². The number of nitrogens with zero attached hydrogens (tertiary/aromatic N) is 1. The van der Waals surface area contributed by atoms with Gasteiger partial charge in [0.2, 0.25) is 0 Å². The Morgan fingerprint density at radius 3 is 2.80 bits per heavy atom. The fourth-order valence-corrected chi connectivity index (χ4v) is 5.31. The second-order valence-corrected chi connectivity index (χ2v) is 8.77. The lowest BCUT2D eigenvalue weighted by Crippen LogP contribution is -2.37. The van der Waals surface area contributed by atoms with Crippen LogP contribution in [-0.2, 0) is 19.1 Å². The number of benzene rings is 1. The average Bonchev–Trinajstić information content (AvgIpc) is 3.12. The average molecular weight is 429 g/mol. The Kier molecular flexibility index (Phi) is 5.45. The summed E-state index contributed by atoms with van der Waals surface area (Å²) in [6, 6.07) is 7.37. The van der Waals surface area contributed by atoms with Crippen molar-refractivity contribution in [2.75, 3.05) is 5.43 Å². The van der Waals surface area contributed by atoms with Crippen LogP contribution in [0.25, 0.3) is 0 Å². The number of rotatable bonds is 3. The lowest BCUT2D eigenvalue weighted by molar-refractivity contribution is -0.150. The Morgan fingerprint density at radius 1 is 1.33 bits per heavy atom. The van der Waals surface area contributed by atoms with Crippen LogP contribution < -0.4 is 5.43 Å². The first-order valence-electron chi connectivity index (χ1n) is 10.1. The number of ether oxygens (including phenoxy) is 2. The summed E-state index contributed by atoms with van der Waals surface area (Å²) in [6.07, 6.45) is 0.298. The highest BCUT2D eigenvalue weighted by Crippen LogP contribution is 2.52. The molecule has 3 aliphatic rings. The van der Waals surface area contributed by atoms with E-state index in [-0.39, 0.29) is 29.6 Å². The number of fused-ring (bicyclic) bond motifs is 3. The molecule has 1 heterocycles. The molecule has 1 N–H and O–H groups in total.